The molecule has 0 aromatic carbocycles. The van der Waals surface area contributed by atoms with Crippen molar-refractivity contribution in [2.75, 3.05) is 25.6 Å². The molecule has 0 radical (unpaired) electrons. The Morgan fingerprint density at radius 1 is 1.17 bits per heavy atom. The number of rotatable bonds is 4. The van der Waals surface area contributed by atoms with Crippen molar-refractivity contribution in [1.29, 1.82) is 0 Å². The van der Waals surface area contributed by atoms with Gasteiger partial charge in [0, 0.05) is 18.9 Å². The number of carbonyl (C=O) groups excluding carboxylic acids is 1. The van der Waals surface area contributed by atoms with Crippen molar-refractivity contribution in [3.05, 3.63) is 16.3 Å². The highest BCUT2D eigenvalue weighted by atomic mass is 32.1. The minimum atomic E-state index is -0.335. The largest absolute Gasteiger partial charge is 0.465 e. The van der Waals surface area contributed by atoms with E-state index in [-0.39, 0.29) is 11.8 Å². The second-order valence-electron chi connectivity index (χ2n) is 8.72. The van der Waals surface area contributed by atoms with Gasteiger partial charge in [-0.2, -0.15) is 0 Å². The van der Waals surface area contributed by atoms with Crippen molar-refractivity contribution in [1.82, 2.24) is 0 Å². The highest BCUT2D eigenvalue weighted by molar-refractivity contribution is 7.12. The van der Waals surface area contributed by atoms with Crippen LogP contribution in [0.4, 0.5) is 5.69 Å². The number of thiophene rings is 1. The summed E-state index contributed by atoms with van der Waals surface area (Å²) >= 11 is 1.40. The van der Waals surface area contributed by atoms with Crippen molar-refractivity contribution in [3.8, 4) is 0 Å². The van der Waals surface area contributed by atoms with Crippen LogP contribution < -0.4 is 5.32 Å². The summed E-state index contributed by atoms with van der Waals surface area (Å²) in [5.41, 5.74) is 0.871. The molecular weight excluding hydrogens is 386 g/mol. The lowest BCUT2D eigenvalue weighted by Crippen LogP contribution is -2.39. The maximum absolute atomic E-state index is 11.6. The molecule has 1 spiro atoms. The Bertz CT molecular complexity index is 623. The summed E-state index contributed by atoms with van der Waals surface area (Å²) in [6.07, 6.45) is 11.1. The number of carbonyl (C=O) groups is 1. The van der Waals surface area contributed by atoms with Gasteiger partial charge in [-0.15, -0.1) is 11.3 Å². The van der Waals surface area contributed by atoms with Crippen LogP contribution in [0.15, 0.2) is 11.4 Å². The van der Waals surface area contributed by atoms with Gasteiger partial charge in [-0.3, -0.25) is 0 Å². The van der Waals surface area contributed by atoms with Crippen LogP contribution in [-0.2, 0) is 14.2 Å². The summed E-state index contributed by atoms with van der Waals surface area (Å²) < 4.78 is 16.2. The van der Waals surface area contributed by atoms with Crippen LogP contribution in [0.5, 0.6) is 0 Å². The molecule has 6 heteroatoms. The molecule has 3 fully saturated rings. The summed E-state index contributed by atoms with van der Waals surface area (Å²) in [5.74, 6) is 1.48. The number of esters is 1. The predicted octanol–water partition coefficient (Wildman–Crippen LogP) is 5.86. The first-order valence-electron chi connectivity index (χ1n) is 11.3. The zero-order chi connectivity index (χ0) is 20.7. The van der Waals surface area contributed by atoms with E-state index in [2.05, 4.69) is 19.2 Å². The molecule has 0 atom stereocenters. The molecule has 2 saturated carbocycles. The molecular formula is C23H37NO4S. The van der Waals surface area contributed by atoms with Gasteiger partial charge in [-0.1, -0.05) is 46.0 Å². The third-order valence-corrected chi connectivity index (χ3v) is 7.56. The van der Waals surface area contributed by atoms with E-state index in [0.29, 0.717) is 24.1 Å². The zero-order valence-corrected chi connectivity index (χ0v) is 19.0. The first-order chi connectivity index (χ1) is 14.0. The molecule has 5 nitrogen and oxygen atoms in total. The summed E-state index contributed by atoms with van der Waals surface area (Å²) in [4.78, 5) is 12.3. The molecule has 1 aliphatic heterocycles. The highest BCUT2D eigenvalue weighted by Crippen LogP contribution is 2.37. The molecule has 1 N–H and O–H groups in total. The Labute approximate surface area is 179 Å². The van der Waals surface area contributed by atoms with E-state index in [0.717, 1.165) is 43.2 Å². The Morgan fingerprint density at radius 3 is 2.41 bits per heavy atom. The highest BCUT2D eigenvalue weighted by Gasteiger charge is 2.40. The quantitative estimate of drug-likeness (QED) is 0.615. The Morgan fingerprint density at radius 2 is 1.83 bits per heavy atom. The number of ether oxygens (including phenoxy) is 3. The molecule has 2 aliphatic carbocycles. The molecule has 0 unspecified atom stereocenters. The van der Waals surface area contributed by atoms with Crippen LogP contribution in [0.25, 0.3) is 0 Å². The molecule has 4 rings (SSSR count). The maximum atomic E-state index is 11.6. The average Bonchev–Trinajstić information content (AvgIpc) is 3.40. The normalized spacial score (nSPS) is 26.6. The number of hydrogen-bond donors (Lipinski definition) is 1. The van der Waals surface area contributed by atoms with Crippen molar-refractivity contribution < 1.29 is 19.0 Å². The van der Waals surface area contributed by atoms with Crippen LogP contribution in [0.3, 0.4) is 0 Å². The molecule has 1 aromatic rings. The number of nitrogens with one attached hydrogen (secondary N) is 1. The zero-order valence-electron chi connectivity index (χ0n) is 18.2. The SMILES string of the molecule is CCC1CCC(C)CC1.COC(=O)c1sccc1NC1CCC2(CC1)OCCO2. The number of anilines is 1. The van der Waals surface area contributed by atoms with E-state index in [4.69, 9.17) is 14.2 Å². The van der Waals surface area contributed by atoms with Gasteiger partial charge in [0.25, 0.3) is 0 Å². The molecule has 0 amide bonds. The van der Waals surface area contributed by atoms with Crippen LogP contribution in [0.2, 0.25) is 0 Å². The standard InChI is InChI=1S/C14H19NO4S.C9H18/c1-17-13(16)12-11(4-9-20-12)15-10-2-5-14(6-3-10)18-7-8-19-14;1-3-9-6-4-8(2)5-7-9/h4,9-10,15H,2-3,5-8H2,1H3;8-9H,3-7H2,1-2H3. The van der Waals surface area contributed by atoms with E-state index < -0.39 is 0 Å². The van der Waals surface area contributed by atoms with Crippen molar-refractivity contribution >= 4 is 23.0 Å². The predicted molar refractivity (Wildman–Crippen MR) is 118 cm³/mol. The van der Waals surface area contributed by atoms with E-state index in [1.807, 2.05) is 11.4 Å². The van der Waals surface area contributed by atoms with Crippen molar-refractivity contribution in [2.24, 2.45) is 11.8 Å². The first kappa shape index (κ1) is 22.6. The minimum absolute atomic E-state index is 0.280. The first-order valence-corrected chi connectivity index (χ1v) is 12.1. The van der Waals surface area contributed by atoms with Gasteiger partial charge in [0.2, 0.25) is 0 Å². The molecule has 2 heterocycles. The lowest BCUT2D eigenvalue weighted by molar-refractivity contribution is -0.177. The molecule has 164 valence electrons. The van der Waals surface area contributed by atoms with Crippen LogP contribution in [0.1, 0.15) is 81.3 Å². The topological polar surface area (TPSA) is 56.8 Å². The van der Waals surface area contributed by atoms with Gasteiger partial charge < -0.3 is 19.5 Å². The Hall–Kier alpha value is -1.11. The van der Waals surface area contributed by atoms with Gasteiger partial charge in [0.15, 0.2) is 5.79 Å². The van der Waals surface area contributed by atoms with Crippen LogP contribution in [-0.4, -0.2) is 38.1 Å². The van der Waals surface area contributed by atoms with Gasteiger partial charge in [-0.25, -0.2) is 4.79 Å². The molecule has 3 aliphatic rings. The van der Waals surface area contributed by atoms with Crippen molar-refractivity contribution in [3.63, 3.8) is 0 Å². The van der Waals surface area contributed by atoms with Gasteiger partial charge in [0.1, 0.15) is 4.88 Å². The van der Waals surface area contributed by atoms with Crippen LogP contribution in [0, 0.1) is 11.8 Å². The van der Waals surface area contributed by atoms with Gasteiger partial charge >= 0.3 is 5.97 Å². The minimum Gasteiger partial charge on any atom is -0.465 e. The monoisotopic (exact) mass is 423 g/mol. The fourth-order valence-corrected chi connectivity index (χ4v) is 5.39. The second kappa shape index (κ2) is 10.8. The third kappa shape index (κ3) is 6.19. The molecule has 29 heavy (non-hydrogen) atoms. The summed E-state index contributed by atoms with van der Waals surface area (Å²) in [5, 5.41) is 5.35. The molecule has 1 saturated heterocycles. The summed E-state index contributed by atoms with van der Waals surface area (Å²) in [7, 11) is 1.41. The van der Waals surface area contributed by atoms with E-state index >= 15 is 0 Å². The molecule has 0 bridgehead atoms. The number of methoxy groups -OCH3 is 1. The smallest absolute Gasteiger partial charge is 0.350 e. The summed E-state index contributed by atoms with van der Waals surface area (Å²) in [6.45, 7) is 6.11. The van der Waals surface area contributed by atoms with E-state index in [1.54, 1.807) is 0 Å². The lowest BCUT2D eigenvalue weighted by atomic mass is 9.82. The van der Waals surface area contributed by atoms with E-state index in [1.165, 1.54) is 50.6 Å². The Kier molecular flexibility index (Phi) is 8.39. The lowest BCUT2D eigenvalue weighted by Gasteiger charge is -2.35. The van der Waals surface area contributed by atoms with Crippen LogP contribution >= 0.6 is 11.3 Å². The van der Waals surface area contributed by atoms with Gasteiger partial charge in [-0.05, 0) is 36.1 Å². The average molecular weight is 424 g/mol. The maximum Gasteiger partial charge on any atom is 0.350 e. The van der Waals surface area contributed by atoms with E-state index in [9.17, 15) is 4.79 Å². The number of hydrogen-bond acceptors (Lipinski definition) is 6. The second-order valence-corrected chi connectivity index (χ2v) is 9.63. The molecule has 1 aromatic heterocycles. The fourth-order valence-electron chi connectivity index (χ4n) is 4.62. The van der Waals surface area contributed by atoms with Crippen molar-refractivity contribution in [2.45, 2.75) is 83.5 Å². The Balaban J connectivity index is 0.000000224. The fraction of sp³-hybridized carbons (Fsp3) is 0.783. The van der Waals surface area contributed by atoms with Gasteiger partial charge in [0.05, 0.1) is 26.0 Å². The third-order valence-electron chi connectivity index (χ3n) is 6.67. The summed E-state index contributed by atoms with van der Waals surface area (Å²) in [6, 6.07) is 2.29.